The average molecular weight is 182 g/mol. The molecule has 64 valence electrons. The number of nitrogen functional groups attached to an aromatic ring is 1. The van der Waals surface area contributed by atoms with Crippen LogP contribution >= 0.6 is 11.8 Å². The predicted molar refractivity (Wildman–Crippen MR) is 51.0 cm³/mol. The summed E-state index contributed by atoms with van der Waals surface area (Å²) < 4.78 is 0. The third kappa shape index (κ3) is 1.76. The Morgan fingerprint density at radius 1 is 1.75 bits per heavy atom. The molecule has 0 spiro atoms. The summed E-state index contributed by atoms with van der Waals surface area (Å²) in [6.07, 6.45) is 4.35. The first-order valence-electron chi connectivity index (χ1n) is 3.48. The second-order valence-electron chi connectivity index (χ2n) is 2.27. The zero-order chi connectivity index (χ0) is 8.97. The number of anilines is 1. The molecule has 1 atom stereocenters. The summed E-state index contributed by atoms with van der Waals surface area (Å²) >= 11 is 1.45. The van der Waals surface area contributed by atoms with Crippen molar-refractivity contribution >= 4 is 23.9 Å². The van der Waals surface area contributed by atoms with Crippen LogP contribution in [0.3, 0.4) is 0 Å². The van der Waals surface area contributed by atoms with E-state index in [4.69, 9.17) is 5.73 Å². The van der Waals surface area contributed by atoms with E-state index in [2.05, 4.69) is 4.98 Å². The van der Waals surface area contributed by atoms with Gasteiger partial charge in [0.25, 0.3) is 0 Å². The van der Waals surface area contributed by atoms with E-state index >= 15 is 0 Å². The van der Waals surface area contributed by atoms with Crippen molar-refractivity contribution in [2.24, 2.45) is 0 Å². The maximum absolute atomic E-state index is 10.6. The Morgan fingerprint density at radius 3 is 3.00 bits per heavy atom. The van der Waals surface area contributed by atoms with E-state index in [1.165, 1.54) is 11.8 Å². The summed E-state index contributed by atoms with van der Waals surface area (Å²) in [5.41, 5.74) is 6.38. The van der Waals surface area contributed by atoms with E-state index in [9.17, 15) is 4.79 Å². The Balaban J connectivity index is 3.00. The van der Waals surface area contributed by atoms with Gasteiger partial charge in [-0.25, -0.2) is 4.98 Å². The molecule has 1 aromatic rings. The normalized spacial score (nSPS) is 12.4. The highest BCUT2D eigenvalue weighted by Crippen LogP contribution is 2.26. The Kier molecular flexibility index (Phi) is 3.10. The smallest absolute Gasteiger partial charge is 0.137 e. The van der Waals surface area contributed by atoms with Crippen molar-refractivity contribution in [3.8, 4) is 0 Å². The van der Waals surface area contributed by atoms with Gasteiger partial charge in [-0.1, -0.05) is 6.07 Å². The van der Waals surface area contributed by atoms with Gasteiger partial charge in [0.1, 0.15) is 12.1 Å². The molecule has 0 saturated heterocycles. The van der Waals surface area contributed by atoms with Crippen LogP contribution in [-0.4, -0.2) is 17.5 Å². The van der Waals surface area contributed by atoms with E-state index in [1.54, 1.807) is 12.3 Å². The van der Waals surface area contributed by atoms with E-state index in [0.29, 0.717) is 5.82 Å². The number of nitrogens with two attached hydrogens (primary N) is 1. The van der Waals surface area contributed by atoms with Crippen LogP contribution in [0.1, 0.15) is 10.8 Å². The van der Waals surface area contributed by atoms with E-state index in [-0.39, 0.29) is 5.25 Å². The molecule has 0 aliphatic rings. The molecule has 1 rings (SSSR count). The minimum Gasteiger partial charge on any atom is -0.383 e. The number of nitrogens with zero attached hydrogens (tertiary/aromatic N) is 1. The van der Waals surface area contributed by atoms with Gasteiger partial charge in [0.2, 0.25) is 0 Å². The number of hydrogen-bond donors (Lipinski definition) is 1. The minimum atomic E-state index is -0.196. The van der Waals surface area contributed by atoms with Crippen LogP contribution in [0.2, 0.25) is 0 Å². The molecule has 0 amide bonds. The lowest BCUT2D eigenvalue weighted by Crippen LogP contribution is -2.01. The van der Waals surface area contributed by atoms with Crippen LogP contribution < -0.4 is 5.73 Å². The number of carbonyl (C=O) groups excluding carboxylic acids is 1. The molecule has 0 aliphatic heterocycles. The summed E-state index contributed by atoms with van der Waals surface area (Å²) in [4.78, 5) is 14.5. The molecule has 12 heavy (non-hydrogen) atoms. The predicted octanol–water partition coefficient (Wildman–Crippen LogP) is 1.27. The minimum absolute atomic E-state index is 0.196. The van der Waals surface area contributed by atoms with Gasteiger partial charge < -0.3 is 10.5 Å². The Hall–Kier alpha value is -1.03. The van der Waals surface area contributed by atoms with Crippen molar-refractivity contribution in [1.29, 1.82) is 0 Å². The van der Waals surface area contributed by atoms with Gasteiger partial charge >= 0.3 is 0 Å². The highest BCUT2D eigenvalue weighted by molar-refractivity contribution is 7.99. The fourth-order valence-electron chi connectivity index (χ4n) is 0.926. The second kappa shape index (κ2) is 4.11. The van der Waals surface area contributed by atoms with Gasteiger partial charge in [-0.2, -0.15) is 0 Å². The van der Waals surface area contributed by atoms with Gasteiger partial charge in [-0.3, -0.25) is 0 Å². The van der Waals surface area contributed by atoms with Crippen molar-refractivity contribution in [3.05, 3.63) is 23.9 Å². The maximum atomic E-state index is 10.6. The van der Waals surface area contributed by atoms with Gasteiger partial charge in [0, 0.05) is 11.8 Å². The highest BCUT2D eigenvalue weighted by atomic mass is 32.2. The first kappa shape index (κ1) is 9.06. The fourth-order valence-corrected chi connectivity index (χ4v) is 1.49. The van der Waals surface area contributed by atoms with E-state index in [0.717, 1.165) is 11.8 Å². The Morgan fingerprint density at radius 2 is 2.50 bits per heavy atom. The third-order valence-electron chi connectivity index (χ3n) is 1.56. The molecule has 1 aromatic heterocycles. The monoisotopic (exact) mass is 182 g/mol. The quantitative estimate of drug-likeness (QED) is 0.715. The topological polar surface area (TPSA) is 56.0 Å². The van der Waals surface area contributed by atoms with Gasteiger partial charge in [-0.05, 0) is 12.3 Å². The molecular weight excluding hydrogens is 172 g/mol. The molecule has 1 unspecified atom stereocenters. The largest absolute Gasteiger partial charge is 0.383 e. The van der Waals surface area contributed by atoms with Crippen molar-refractivity contribution in [3.63, 3.8) is 0 Å². The zero-order valence-corrected chi connectivity index (χ0v) is 7.54. The SMILES string of the molecule is CSC(C=O)c1cccnc1N. The van der Waals surface area contributed by atoms with Gasteiger partial charge in [-0.15, -0.1) is 11.8 Å². The van der Waals surface area contributed by atoms with Crippen LogP contribution in [0, 0.1) is 0 Å². The number of hydrogen-bond acceptors (Lipinski definition) is 4. The van der Waals surface area contributed by atoms with Crippen molar-refractivity contribution < 1.29 is 4.79 Å². The number of aldehydes is 1. The molecule has 1 heterocycles. The highest BCUT2D eigenvalue weighted by Gasteiger charge is 2.11. The molecule has 0 radical (unpaired) electrons. The van der Waals surface area contributed by atoms with Crippen LogP contribution in [0.4, 0.5) is 5.82 Å². The number of thioether (sulfide) groups is 1. The lowest BCUT2D eigenvalue weighted by Gasteiger charge is -2.08. The van der Waals surface area contributed by atoms with Crippen molar-refractivity contribution in [2.45, 2.75) is 5.25 Å². The maximum Gasteiger partial charge on any atom is 0.137 e. The standard InChI is InChI=1S/C8H10N2OS/c1-12-7(5-11)6-3-2-4-10-8(6)9/h2-5,7H,1H3,(H2,9,10). The lowest BCUT2D eigenvalue weighted by molar-refractivity contribution is -0.107. The number of pyridine rings is 1. The van der Waals surface area contributed by atoms with Crippen molar-refractivity contribution in [1.82, 2.24) is 4.98 Å². The summed E-state index contributed by atoms with van der Waals surface area (Å²) in [7, 11) is 0. The van der Waals surface area contributed by atoms with Crippen LogP contribution in [0.25, 0.3) is 0 Å². The fraction of sp³-hybridized carbons (Fsp3) is 0.250. The van der Waals surface area contributed by atoms with Crippen LogP contribution in [-0.2, 0) is 4.79 Å². The lowest BCUT2D eigenvalue weighted by atomic mass is 10.2. The molecule has 0 aromatic carbocycles. The number of aromatic nitrogens is 1. The number of rotatable bonds is 3. The molecule has 2 N–H and O–H groups in total. The molecule has 0 aliphatic carbocycles. The summed E-state index contributed by atoms with van der Waals surface area (Å²) in [5, 5.41) is -0.196. The Labute approximate surface area is 75.4 Å². The molecule has 0 saturated carbocycles. The van der Waals surface area contributed by atoms with Crippen LogP contribution in [0.15, 0.2) is 18.3 Å². The van der Waals surface area contributed by atoms with E-state index < -0.39 is 0 Å². The number of carbonyl (C=O) groups is 1. The van der Waals surface area contributed by atoms with E-state index in [1.807, 2.05) is 12.3 Å². The van der Waals surface area contributed by atoms with Gasteiger partial charge in [0.05, 0.1) is 5.25 Å². The molecule has 4 heteroatoms. The molecule has 3 nitrogen and oxygen atoms in total. The van der Waals surface area contributed by atoms with Crippen LogP contribution in [0.5, 0.6) is 0 Å². The first-order valence-corrected chi connectivity index (χ1v) is 4.77. The molecule has 0 bridgehead atoms. The average Bonchev–Trinajstić information content (AvgIpc) is 2.10. The summed E-state index contributed by atoms with van der Waals surface area (Å²) in [5.74, 6) is 0.434. The first-order chi connectivity index (χ1) is 5.79. The molecule has 0 fully saturated rings. The van der Waals surface area contributed by atoms with Crippen molar-refractivity contribution in [2.75, 3.05) is 12.0 Å². The Bertz CT molecular complexity index is 278. The summed E-state index contributed by atoms with van der Waals surface area (Å²) in [6.45, 7) is 0. The zero-order valence-electron chi connectivity index (χ0n) is 6.73. The molecular formula is C8H10N2OS. The third-order valence-corrected chi connectivity index (χ3v) is 2.43. The summed E-state index contributed by atoms with van der Waals surface area (Å²) in [6, 6.07) is 3.59. The second-order valence-corrected chi connectivity index (χ2v) is 3.25. The van der Waals surface area contributed by atoms with Gasteiger partial charge in [0.15, 0.2) is 0 Å².